The van der Waals surface area contributed by atoms with Crippen molar-refractivity contribution in [3.63, 3.8) is 0 Å². The number of nitrogens with zero attached hydrogens (tertiary/aromatic N) is 2. The lowest BCUT2D eigenvalue weighted by atomic mass is 9.95. The van der Waals surface area contributed by atoms with Crippen molar-refractivity contribution < 1.29 is 9.53 Å². The molecule has 1 aromatic rings. The topological polar surface area (TPSA) is 75.0 Å². The van der Waals surface area contributed by atoms with Gasteiger partial charge in [0.05, 0.1) is 13.2 Å². The van der Waals surface area contributed by atoms with Gasteiger partial charge in [0.2, 0.25) is 11.8 Å². The number of methoxy groups -OCH3 is 1. The van der Waals surface area contributed by atoms with Gasteiger partial charge in [-0.3, -0.25) is 4.79 Å². The molecule has 5 heteroatoms. The predicted molar refractivity (Wildman–Crippen MR) is 62.0 cm³/mol. The van der Waals surface area contributed by atoms with Gasteiger partial charge in [0.15, 0.2) is 0 Å². The van der Waals surface area contributed by atoms with Crippen LogP contribution in [0.5, 0.6) is 5.88 Å². The first-order chi connectivity index (χ1) is 7.99. The SMILES string of the molecule is COc1cc(CNC(=O)C(C)(C)C#N)ccn1. The van der Waals surface area contributed by atoms with E-state index in [9.17, 15) is 4.79 Å². The molecule has 0 bridgehead atoms. The van der Waals surface area contributed by atoms with Crippen molar-refractivity contribution in [3.8, 4) is 11.9 Å². The summed E-state index contributed by atoms with van der Waals surface area (Å²) in [6, 6.07) is 5.47. The molecule has 0 unspecified atom stereocenters. The molecule has 0 aliphatic carbocycles. The Morgan fingerprint density at radius 3 is 2.94 bits per heavy atom. The Bertz CT molecular complexity index is 449. The zero-order chi connectivity index (χ0) is 12.9. The number of nitrogens with one attached hydrogen (secondary N) is 1. The van der Waals surface area contributed by atoms with Gasteiger partial charge in [0.25, 0.3) is 0 Å². The zero-order valence-electron chi connectivity index (χ0n) is 10.2. The lowest BCUT2D eigenvalue weighted by Crippen LogP contribution is -2.35. The number of rotatable bonds is 4. The largest absolute Gasteiger partial charge is 0.481 e. The summed E-state index contributed by atoms with van der Waals surface area (Å²) >= 11 is 0. The van der Waals surface area contributed by atoms with Gasteiger partial charge < -0.3 is 10.1 Å². The van der Waals surface area contributed by atoms with Gasteiger partial charge >= 0.3 is 0 Å². The summed E-state index contributed by atoms with van der Waals surface area (Å²) in [7, 11) is 1.53. The van der Waals surface area contributed by atoms with Crippen molar-refractivity contribution in [2.75, 3.05) is 7.11 Å². The van der Waals surface area contributed by atoms with E-state index < -0.39 is 5.41 Å². The summed E-state index contributed by atoms with van der Waals surface area (Å²) in [6.45, 7) is 3.51. The van der Waals surface area contributed by atoms with Gasteiger partial charge in [-0.05, 0) is 25.5 Å². The Hall–Kier alpha value is -2.09. The predicted octanol–water partition coefficient (Wildman–Crippen LogP) is 1.26. The normalized spacial score (nSPS) is 10.5. The first-order valence-electron chi connectivity index (χ1n) is 5.18. The van der Waals surface area contributed by atoms with E-state index in [-0.39, 0.29) is 5.91 Å². The van der Waals surface area contributed by atoms with Crippen molar-refractivity contribution in [1.82, 2.24) is 10.3 Å². The highest BCUT2D eigenvalue weighted by Crippen LogP contribution is 2.14. The Labute approximate surface area is 100 Å². The molecule has 1 rings (SSSR count). The molecule has 0 radical (unpaired) electrons. The Kier molecular flexibility index (Phi) is 4.05. The van der Waals surface area contributed by atoms with Crippen molar-refractivity contribution in [3.05, 3.63) is 23.9 Å². The van der Waals surface area contributed by atoms with E-state index in [0.29, 0.717) is 12.4 Å². The van der Waals surface area contributed by atoms with E-state index in [1.54, 1.807) is 32.2 Å². The quantitative estimate of drug-likeness (QED) is 0.849. The van der Waals surface area contributed by atoms with Crippen LogP contribution in [-0.2, 0) is 11.3 Å². The summed E-state index contributed by atoms with van der Waals surface area (Å²) in [5.41, 5.74) is -0.143. The van der Waals surface area contributed by atoms with Crippen LogP contribution < -0.4 is 10.1 Å². The second kappa shape index (κ2) is 5.30. The lowest BCUT2D eigenvalue weighted by molar-refractivity contribution is -0.126. The Morgan fingerprint density at radius 1 is 1.65 bits per heavy atom. The molecular formula is C12H15N3O2. The van der Waals surface area contributed by atoms with E-state index >= 15 is 0 Å². The third kappa shape index (κ3) is 3.45. The molecule has 1 heterocycles. The minimum atomic E-state index is -1.02. The average Bonchev–Trinajstić information content (AvgIpc) is 2.36. The molecule has 0 atom stereocenters. The smallest absolute Gasteiger partial charge is 0.240 e. The standard InChI is InChI=1S/C12H15N3O2/c1-12(2,8-13)11(16)15-7-9-4-5-14-10(6-9)17-3/h4-6H,7H2,1-3H3,(H,15,16). The molecule has 0 aromatic carbocycles. The van der Waals surface area contributed by atoms with Gasteiger partial charge in [-0.2, -0.15) is 5.26 Å². The van der Waals surface area contributed by atoms with E-state index in [1.807, 2.05) is 6.07 Å². The molecule has 17 heavy (non-hydrogen) atoms. The van der Waals surface area contributed by atoms with Crippen LogP contribution in [0.15, 0.2) is 18.3 Å². The molecule has 1 amide bonds. The molecule has 0 fully saturated rings. The summed E-state index contributed by atoms with van der Waals surface area (Å²) in [4.78, 5) is 15.6. The molecule has 5 nitrogen and oxygen atoms in total. The number of ether oxygens (including phenoxy) is 1. The molecule has 1 N–H and O–H groups in total. The van der Waals surface area contributed by atoms with Gasteiger partial charge in [-0.25, -0.2) is 4.98 Å². The number of hydrogen-bond acceptors (Lipinski definition) is 4. The summed E-state index contributed by atoms with van der Waals surface area (Å²) in [6.07, 6.45) is 1.61. The van der Waals surface area contributed by atoms with Crippen molar-refractivity contribution in [2.24, 2.45) is 5.41 Å². The van der Waals surface area contributed by atoms with Gasteiger partial charge in [-0.15, -0.1) is 0 Å². The van der Waals surface area contributed by atoms with Crippen molar-refractivity contribution in [2.45, 2.75) is 20.4 Å². The van der Waals surface area contributed by atoms with Gasteiger partial charge in [0.1, 0.15) is 5.41 Å². The first kappa shape index (κ1) is 13.0. The third-order valence-electron chi connectivity index (χ3n) is 2.31. The summed E-state index contributed by atoms with van der Waals surface area (Å²) in [5, 5.41) is 11.5. The van der Waals surface area contributed by atoms with Gasteiger partial charge in [-0.1, -0.05) is 0 Å². The number of amides is 1. The fourth-order valence-electron chi connectivity index (χ4n) is 1.13. The summed E-state index contributed by atoms with van der Waals surface area (Å²) < 4.78 is 4.97. The van der Waals surface area contributed by atoms with Crippen LogP contribution in [0.4, 0.5) is 0 Å². The van der Waals surface area contributed by atoms with Crippen LogP contribution in [0.2, 0.25) is 0 Å². The van der Waals surface area contributed by atoms with E-state index in [2.05, 4.69) is 10.3 Å². The minimum Gasteiger partial charge on any atom is -0.481 e. The zero-order valence-corrected chi connectivity index (χ0v) is 10.2. The van der Waals surface area contributed by atoms with Crippen LogP contribution in [0.1, 0.15) is 19.4 Å². The number of nitriles is 1. The van der Waals surface area contributed by atoms with Crippen LogP contribution in [0.25, 0.3) is 0 Å². The molecular weight excluding hydrogens is 218 g/mol. The molecule has 0 saturated carbocycles. The molecule has 1 aromatic heterocycles. The maximum atomic E-state index is 11.6. The van der Waals surface area contributed by atoms with Crippen LogP contribution in [0, 0.1) is 16.7 Å². The second-order valence-corrected chi connectivity index (χ2v) is 4.13. The maximum Gasteiger partial charge on any atom is 0.240 e. The lowest BCUT2D eigenvalue weighted by Gasteiger charge is -2.14. The number of carbonyl (C=O) groups excluding carboxylic acids is 1. The highest BCUT2D eigenvalue weighted by atomic mass is 16.5. The monoisotopic (exact) mass is 233 g/mol. The average molecular weight is 233 g/mol. The Balaban J connectivity index is 2.62. The van der Waals surface area contributed by atoms with Crippen LogP contribution in [-0.4, -0.2) is 18.0 Å². The molecule has 0 aliphatic rings. The molecule has 0 spiro atoms. The summed E-state index contributed by atoms with van der Waals surface area (Å²) in [5.74, 6) is 0.201. The second-order valence-electron chi connectivity index (χ2n) is 4.13. The van der Waals surface area contributed by atoms with Gasteiger partial charge in [0, 0.05) is 18.8 Å². The fourth-order valence-corrected chi connectivity index (χ4v) is 1.13. The van der Waals surface area contributed by atoms with Crippen molar-refractivity contribution >= 4 is 5.91 Å². The van der Waals surface area contributed by atoms with E-state index in [0.717, 1.165) is 5.56 Å². The first-order valence-corrected chi connectivity index (χ1v) is 5.18. The highest BCUT2D eigenvalue weighted by molar-refractivity contribution is 5.84. The minimum absolute atomic E-state index is 0.296. The van der Waals surface area contributed by atoms with E-state index in [4.69, 9.17) is 10.00 Å². The highest BCUT2D eigenvalue weighted by Gasteiger charge is 2.26. The van der Waals surface area contributed by atoms with Crippen LogP contribution in [0.3, 0.4) is 0 Å². The number of aromatic nitrogens is 1. The molecule has 0 saturated heterocycles. The van der Waals surface area contributed by atoms with Crippen LogP contribution >= 0.6 is 0 Å². The maximum absolute atomic E-state index is 11.6. The fraction of sp³-hybridized carbons (Fsp3) is 0.417. The molecule has 0 aliphatic heterocycles. The number of hydrogen-bond donors (Lipinski definition) is 1. The van der Waals surface area contributed by atoms with E-state index in [1.165, 1.54) is 7.11 Å². The third-order valence-corrected chi connectivity index (χ3v) is 2.31. The molecule has 90 valence electrons. The number of carbonyl (C=O) groups is 1. The van der Waals surface area contributed by atoms with Crippen molar-refractivity contribution in [1.29, 1.82) is 5.26 Å². The number of pyridine rings is 1. The Morgan fingerprint density at radius 2 is 2.35 bits per heavy atom.